The number of nitrogens with zero attached hydrogens (tertiary/aromatic N) is 2. The zero-order valence-electron chi connectivity index (χ0n) is 14.9. The molecule has 0 unspecified atom stereocenters. The van der Waals surface area contributed by atoms with Gasteiger partial charge in [0.1, 0.15) is 17.4 Å². The number of carbonyl (C=O) groups is 1. The summed E-state index contributed by atoms with van der Waals surface area (Å²) in [6, 6.07) is 9.36. The van der Waals surface area contributed by atoms with Gasteiger partial charge >= 0.3 is 0 Å². The van der Waals surface area contributed by atoms with Gasteiger partial charge in [0.2, 0.25) is 0 Å². The number of rotatable bonds is 5. The number of hydrogen-bond donors (Lipinski definition) is 1. The molecule has 0 aliphatic carbocycles. The second-order valence-electron chi connectivity index (χ2n) is 5.70. The number of nitro groups is 1. The Morgan fingerprint density at radius 2 is 2.04 bits per heavy atom. The van der Waals surface area contributed by atoms with Crippen LogP contribution in [0.3, 0.4) is 0 Å². The number of carbonyl (C=O) groups excluding carboxylic acids is 1. The number of nitrogens with one attached hydrogen (secondary N) is 1. The summed E-state index contributed by atoms with van der Waals surface area (Å²) in [5.41, 5.74) is 1.54. The molecule has 0 saturated heterocycles. The van der Waals surface area contributed by atoms with Gasteiger partial charge in [-0.25, -0.2) is 0 Å². The van der Waals surface area contributed by atoms with Crippen LogP contribution in [-0.4, -0.2) is 17.9 Å². The van der Waals surface area contributed by atoms with Gasteiger partial charge in [-0.3, -0.25) is 14.9 Å². The third kappa shape index (κ3) is 4.22. The molecule has 0 aliphatic heterocycles. The molecule has 2 aromatic carbocycles. The largest absolute Gasteiger partial charge is 0.865 e. The molecule has 0 heterocycles. The quantitative estimate of drug-likeness (QED) is 0.375. The van der Waals surface area contributed by atoms with Crippen molar-refractivity contribution in [2.45, 2.75) is 13.8 Å². The van der Waals surface area contributed by atoms with Crippen LogP contribution in [0.2, 0.25) is 0 Å². The lowest BCUT2D eigenvalue weighted by Crippen LogP contribution is -2.14. The van der Waals surface area contributed by atoms with E-state index in [0.29, 0.717) is 5.69 Å². The van der Waals surface area contributed by atoms with Crippen LogP contribution in [0.1, 0.15) is 16.7 Å². The molecule has 0 fully saturated rings. The summed E-state index contributed by atoms with van der Waals surface area (Å²) < 4.78 is 4.85. The summed E-state index contributed by atoms with van der Waals surface area (Å²) in [7, 11) is 1.20. The second kappa shape index (κ2) is 8.01. The lowest BCUT2D eigenvalue weighted by Gasteiger charge is -2.13. The summed E-state index contributed by atoms with van der Waals surface area (Å²) in [5.74, 6) is -1.79. The summed E-state index contributed by atoms with van der Waals surface area (Å²) in [6.07, 6.45) is 1.16. The highest BCUT2D eigenvalue weighted by atomic mass is 16.6. The van der Waals surface area contributed by atoms with Crippen LogP contribution in [-0.2, 0) is 4.79 Å². The van der Waals surface area contributed by atoms with Gasteiger partial charge in [0.05, 0.1) is 12.0 Å². The first-order chi connectivity index (χ1) is 12.8. The van der Waals surface area contributed by atoms with Crippen molar-refractivity contribution in [1.82, 2.24) is 0 Å². The molecular weight excluding hydrogens is 350 g/mol. The Hall–Kier alpha value is -3.86. The van der Waals surface area contributed by atoms with Gasteiger partial charge in [-0.2, -0.15) is 5.26 Å². The van der Waals surface area contributed by atoms with Crippen molar-refractivity contribution in [2.24, 2.45) is 0 Å². The van der Waals surface area contributed by atoms with E-state index in [9.17, 15) is 25.3 Å². The summed E-state index contributed by atoms with van der Waals surface area (Å²) >= 11 is 0. The monoisotopic (exact) mass is 366 g/mol. The van der Waals surface area contributed by atoms with Crippen LogP contribution < -0.4 is 15.2 Å². The first kappa shape index (κ1) is 19.5. The minimum Gasteiger partial charge on any atom is -0.865 e. The van der Waals surface area contributed by atoms with Crippen molar-refractivity contribution in [2.75, 3.05) is 12.4 Å². The first-order valence-corrected chi connectivity index (χ1v) is 7.81. The van der Waals surface area contributed by atoms with E-state index < -0.39 is 22.3 Å². The van der Waals surface area contributed by atoms with Gasteiger partial charge < -0.3 is 15.2 Å². The third-order valence-electron chi connectivity index (χ3n) is 4.00. The number of methoxy groups -OCH3 is 1. The normalized spacial score (nSPS) is 10.8. The zero-order valence-corrected chi connectivity index (χ0v) is 14.9. The molecular formula is C19H16N3O5-. The number of anilines is 1. The fraction of sp³-hybridized carbons (Fsp3) is 0.158. The number of aryl methyl sites for hydroxylation is 1. The highest BCUT2D eigenvalue weighted by Crippen LogP contribution is 2.35. The highest BCUT2D eigenvalue weighted by Gasteiger charge is 2.16. The van der Waals surface area contributed by atoms with Gasteiger partial charge in [0.15, 0.2) is 0 Å². The van der Waals surface area contributed by atoms with E-state index in [1.54, 1.807) is 18.2 Å². The average Bonchev–Trinajstić information content (AvgIpc) is 2.64. The molecule has 0 aromatic heterocycles. The minimum atomic E-state index is -0.877. The van der Waals surface area contributed by atoms with E-state index in [2.05, 4.69) is 5.32 Å². The highest BCUT2D eigenvalue weighted by molar-refractivity contribution is 6.10. The lowest BCUT2D eigenvalue weighted by atomic mass is 10.1. The Bertz CT molecular complexity index is 990. The maximum absolute atomic E-state index is 12.4. The number of nitro benzene ring substituents is 1. The Morgan fingerprint density at radius 3 is 2.63 bits per heavy atom. The molecule has 0 saturated carbocycles. The fourth-order valence-electron chi connectivity index (χ4n) is 2.37. The SMILES string of the molecule is COc1cc(/C=C(\C#N)C(=O)Nc2cccc(C)c2C)cc([N+](=O)[O-])c1[O-]. The number of hydrogen-bond acceptors (Lipinski definition) is 6. The van der Waals surface area contributed by atoms with Crippen LogP contribution in [0.15, 0.2) is 35.9 Å². The van der Waals surface area contributed by atoms with Crippen LogP contribution >= 0.6 is 0 Å². The molecule has 2 rings (SSSR count). The Labute approximate surface area is 155 Å². The minimum absolute atomic E-state index is 0.130. The maximum Gasteiger partial charge on any atom is 0.266 e. The molecule has 27 heavy (non-hydrogen) atoms. The molecule has 8 nitrogen and oxygen atoms in total. The predicted octanol–water partition coefficient (Wildman–Crippen LogP) is 2.84. The van der Waals surface area contributed by atoms with Gasteiger partial charge in [0.25, 0.3) is 11.6 Å². The van der Waals surface area contributed by atoms with Gasteiger partial charge in [-0.15, -0.1) is 0 Å². The number of nitriles is 1. The average molecular weight is 366 g/mol. The summed E-state index contributed by atoms with van der Waals surface area (Å²) in [4.78, 5) is 22.6. The van der Waals surface area contributed by atoms with Crippen molar-refractivity contribution in [3.05, 3.63) is 62.7 Å². The summed E-state index contributed by atoms with van der Waals surface area (Å²) in [5, 5.41) is 34.8. The van der Waals surface area contributed by atoms with Gasteiger partial charge in [0, 0.05) is 17.5 Å². The summed E-state index contributed by atoms with van der Waals surface area (Å²) in [6.45, 7) is 3.73. The molecule has 1 N–H and O–H groups in total. The molecule has 0 bridgehead atoms. The van der Waals surface area contributed by atoms with Crippen LogP contribution in [0.25, 0.3) is 6.08 Å². The van der Waals surface area contributed by atoms with Crippen LogP contribution in [0.5, 0.6) is 11.5 Å². The standard InChI is InChI=1S/C19H17N3O5/c1-11-5-4-6-15(12(11)2)21-19(24)14(10-20)7-13-8-16(22(25)26)18(23)17(9-13)27-3/h4-9,23H,1-3H3,(H,21,24)/p-1/b14-7+. The van der Waals surface area contributed by atoms with Crippen molar-refractivity contribution < 1.29 is 19.6 Å². The first-order valence-electron chi connectivity index (χ1n) is 7.81. The van der Waals surface area contributed by atoms with Gasteiger partial charge in [-0.05, 0) is 48.7 Å². The van der Waals surface area contributed by atoms with Gasteiger partial charge in [-0.1, -0.05) is 12.1 Å². The molecule has 2 aromatic rings. The fourth-order valence-corrected chi connectivity index (χ4v) is 2.37. The molecule has 0 aliphatic rings. The Balaban J connectivity index is 2.42. The molecule has 1 amide bonds. The van der Waals surface area contributed by atoms with E-state index in [1.807, 2.05) is 19.9 Å². The maximum atomic E-state index is 12.4. The Morgan fingerprint density at radius 1 is 1.33 bits per heavy atom. The lowest BCUT2D eigenvalue weighted by molar-refractivity contribution is -0.398. The second-order valence-corrected chi connectivity index (χ2v) is 5.70. The Kier molecular flexibility index (Phi) is 5.78. The number of amides is 1. The predicted molar refractivity (Wildman–Crippen MR) is 97.2 cm³/mol. The molecule has 0 spiro atoms. The number of benzene rings is 2. The van der Waals surface area contributed by atoms with E-state index in [0.717, 1.165) is 23.3 Å². The van der Waals surface area contributed by atoms with E-state index in [4.69, 9.17) is 4.74 Å². The molecule has 0 atom stereocenters. The van der Waals surface area contributed by atoms with Crippen LogP contribution in [0, 0.1) is 35.3 Å². The number of ether oxygens (including phenoxy) is 1. The topological polar surface area (TPSA) is 128 Å². The molecule has 8 heteroatoms. The smallest absolute Gasteiger partial charge is 0.266 e. The molecule has 138 valence electrons. The van der Waals surface area contributed by atoms with Crippen molar-refractivity contribution >= 4 is 23.4 Å². The van der Waals surface area contributed by atoms with E-state index >= 15 is 0 Å². The van der Waals surface area contributed by atoms with Crippen molar-refractivity contribution in [3.63, 3.8) is 0 Å². The van der Waals surface area contributed by atoms with Crippen molar-refractivity contribution in [3.8, 4) is 17.6 Å². The van der Waals surface area contributed by atoms with E-state index in [1.165, 1.54) is 13.2 Å². The van der Waals surface area contributed by atoms with Crippen LogP contribution in [0.4, 0.5) is 11.4 Å². The third-order valence-corrected chi connectivity index (χ3v) is 4.00. The van der Waals surface area contributed by atoms with Crippen molar-refractivity contribution in [1.29, 1.82) is 5.26 Å². The molecule has 0 radical (unpaired) electrons. The zero-order chi connectivity index (χ0) is 20.1. The van der Waals surface area contributed by atoms with E-state index in [-0.39, 0.29) is 16.9 Å².